The maximum atomic E-state index is 12.5. The van der Waals surface area contributed by atoms with Crippen LogP contribution >= 0.6 is 11.6 Å². The molecule has 0 spiro atoms. The van der Waals surface area contributed by atoms with Crippen molar-refractivity contribution in [2.45, 2.75) is 13.3 Å². The van der Waals surface area contributed by atoms with Crippen molar-refractivity contribution in [2.75, 3.05) is 39.5 Å². The standard InChI is InChI=1S/C14H22ClN3O/c1-4-7-18(9-8-17(2)3)14(19)12-10-11(15)5-6-13(12)16/h5-6,10H,4,7-9,16H2,1-3H3. The number of nitrogen functional groups attached to an aromatic ring is 1. The summed E-state index contributed by atoms with van der Waals surface area (Å²) < 4.78 is 0. The fourth-order valence-corrected chi connectivity index (χ4v) is 1.96. The first kappa shape index (κ1) is 15.8. The molecular formula is C14H22ClN3O. The number of amides is 1. The van der Waals surface area contributed by atoms with Gasteiger partial charge < -0.3 is 15.5 Å². The molecule has 0 unspecified atom stereocenters. The van der Waals surface area contributed by atoms with Crippen molar-refractivity contribution < 1.29 is 4.79 Å². The molecular weight excluding hydrogens is 262 g/mol. The van der Waals surface area contributed by atoms with Gasteiger partial charge in [-0.1, -0.05) is 18.5 Å². The van der Waals surface area contributed by atoms with Crippen LogP contribution in [-0.4, -0.2) is 49.4 Å². The Morgan fingerprint density at radius 3 is 2.53 bits per heavy atom. The van der Waals surface area contributed by atoms with E-state index in [9.17, 15) is 4.79 Å². The van der Waals surface area contributed by atoms with E-state index in [1.807, 2.05) is 19.0 Å². The lowest BCUT2D eigenvalue weighted by Gasteiger charge is -2.24. The molecule has 1 aromatic rings. The number of nitrogens with two attached hydrogens (primary N) is 1. The van der Waals surface area contributed by atoms with Crippen LogP contribution in [0.5, 0.6) is 0 Å². The van der Waals surface area contributed by atoms with Crippen molar-refractivity contribution in [3.05, 3.63) is 28.8 Å². The Morgan fingerprint density at radius 2 is 1.95 bits per heavy atom. The van der Waals surface area contributed by atoms with Gasteiger partial charge in [0.1, 0.15) is 0 Å². The Hall–Kier alpha value is -1.26. The SMILES string of the molecule is CCCN(CCN(C)C)C(=O)c1cc(Cl)ccc1N. The fraction of sp³-hybridized carbons (Fsp3) is 0.500. The summed E-state index contributed by atoms with van der Waals surface area (Å²) in [6.45, 7) is 4.29. The van der Waals surface area contributed by atoms with E-state index >= 15 is 0 Å². The molecule has 0 aliphatic carbocycles. The van der Waals surface area contributed by atoms with E-state index in [0.717, 1.165) is 19.5 Å². The first-order valence-corrected chi connectivity index (χ1v) is 6.82. The number of rotatable bonds is 6. The summed E-state index contributed by atoms with van der Waals surface area (Å²) in [4.78, 5) is 16.4. The topological polar surface area (TPSA) is 49.6 Å². The monoisotopic (exact) mass is 283 g/mol. The Kier molecular flexibility index (Phi) is 6.12. The number of hydrogen-bond donors (Lipinski definition) is 1. The molecule has 0 radical (unpaired) electrons. The van der Waals surface area contributed by atoms with Gasteiger partial charge in [-0.3, -0.25) is 4.79 Å². The summed E-state index contributed by atoms with van der Waals surface area (Å²) in [6.07, 6.45) is 0.916. The smallest absolute Gasteiger partial charge is 0.256 e. The normalized spacial score (nSPS) is 10.8. The molecule has 0 bridgehead atoms. The second kappa shape index (κ2) is 7.36. The van der Waals surface area contributed by atoms with Crippen LogP contribution in [0.25, 0.3) is 0 Å². The highest BCUT2D eigenvalue weighted by Crippen LogP contribution is 2.19. The van der Waals surface area contributed by atoms with E-state index in [1.165, 1.54) is 0 Å². The molecule has 19 heavy (non-hydrogen) atoms. The highest BCUT2D eigenvalue weighted by atomic mass is 35.5. The molecule has 0 saturated heterocycles. The first-order valence-electron chi connectivity index (χ1n) is 6.44. The third-order valence-corrected chi connectivity index (χ3v) is 3.08. The highest BCUT2D eigenvalue weighted by molar-refractivity contribution is 6.31. The Balaban J connectivity index is 2.88. The van der Waals surface area contributed by atoms with E-state index in [-0.39, 0.29) is 5.91 Å². The minimum absolute atomic E-state index is 0.0521. The molecule has 0 aromatic heterocycles. The van der Waals surface area contributed by atoms with Crippen LogP contribution in [-0.2, 0) is 0 Å². The number of nitrogens with zero attached hydrogens (tertiary/aromatic N) is 2. The van der Waals surface area contributed by atoms with Gasteiger partial charge in [0.05, 0.1) is 5.56 Å². The van der Waals surface area contributed by atoms with Crippen molar-refractivity contribution in [2.24, 2.45) is 0 Å². The van der Waals surface area contributed by atoms with Gasteiger partial charge in [0.15, 0.2) is 0 Å². The second-order valence-corrected chi connectivity index (χ2v) is 5.26. The molecule has 0 fully saturated rings. The Morgan fingerprint density at radius 1 is 1.26 bits per heavy atom. The van der Waals surface area contributed by atoms with Crippen LogP contribution in [0.1, 0.15) is 23.7 Å². The van der Waals surface area contributed by atoms with Gasteiger partial charge in [0.2, 0.25) is 0 Å². The van der Waals surface area contributed by atoms with Crippen LogP contribution < -0.4 is 5.73 Å². The van der Waals surface area contributed by atoms with Gasteiger partial charge in [0.25, 0.3) is 5.91 Å². The van der Waals surface area contributed by atoms with Crippen LogP contribution in [0.2, 0.25) is 5.02 Å². The van der Waals surface area contributed by atoms with Gasteiger partial charge in [0, 0.05) is 30.3 Å². The molecule has 0 aliphatic heterocycles. The molecule has 0 atom stereocenters. The quantitative estimate of drug-likeness (QED) is 0.815. The average Bonchev–Trinajstić information content (AvgIpc) is 2.36. The number of likely N-dealkylation sites (N-methyl/N-ethyl adjacent to an activating group) is 1. The summed E-state index contributed by atoms with van der Waals surface area (Å²) in [6, 6.07) is 5.00. The minimum atomic E-state index is -0.0521. The fourth-order valence-electron chi connectivity index (χ4n) is 1.79. The van der Waals surface area contributed by atoms with E-state index in [1.54, 1.807) is 18.2 Å². The maximum Gasteiger partial charge on any atom is 0.256 e. The molecule has 0 aliphatic rings. The summed E-state index contributed by atoms with van der Waals surface area (Å²) in [5.41, 5.74) is 6.82. The van der Waals surface area contributed by atoms with Crippen molar-refractivity contribution in [1.29, 1.82) is 0 Å². The molecule has 106 valence electrons. The summed E-state index contributed by atoms with van der Waals surface area (Å²) in [5, 5.41) is 0.529. The molecule has 1 amide bonds. The third-order valence-electron chi connectivity index (χ3n) is 2.84. The van der Waals surface area contributed by atoms with Crippen LogP contribution in [0.4, 0.5) is 5.69 Å². The summed E-state index contributed by atoms with van der Waals surface area (Å²) in [5.74, 6) is -0.0521. The van der Waals surface area contributed by atoms with Crippen molar-refractivity contribution >= 4 is 23.2 Å². The third kappa shape index (κ3) is 4.73. The van der Waals surface area contributed by atoms with Gasteiger partial charge >= 0.3 is 0 Å². The van der Waals surface area contributed by atoms with Crippen molar-refractivity contribution in [3.63, 3.8) is 0 Å². The lowest BCUT2D eigenvalue weighted by Crippen LogP contribution is -2.37. The van der Waals surface area contributed by atoms with Gasteiger partial charge in [-0.2, -0.15) is 0 Å². The predicted molar refractivity (Wildman–Crippen MR) is 80.6 cm³/mol. The number of carbonyl (C=O) groups is 1. The predicted octanol–water partition coefficient (Wildman–Crippen LogP) is 2.34. The number of hydrogen-bond acceptors (Lipinski definition) is 3. The van der Waals surface area contributed by atoms with E-state index < -0.39 is 0 Å². The largest absolute Gasteiger partial charge is 0.398 e. The molecule has 1 rings (SSSR count). The highest BCUT2D eigenvalue weighted by Gasteiger charge is 2.17. The molecule has 2 N–H and O–H groups in total. The zero-order valence-electron chi connectivity index (χ0n) is 11.8. The zero-order valence-corrected chi connectivity index (χ0v) is 12.6. The number of benzene rings is 1. The Bertz CT molecular complexity index is 435. The number of halogens is 1. The Labute approximate surface area is 120 Å². The lowest BCUT2D eigenvalue weighted by molar-refractivity contribution is 0.0746. The number of anilines is 1. The molecule has 4 nitrogen and oxygen atoms in total. The summed E-state index contributed by atoms with van der Waals surface area (Å²) >= 11 is 5.94. The maximum absolute atomic E-state index is 12.5. The second-order valence-electron chi connectivity index (χ2n) is 4.83. The molecule has 0 heterocycles. The summed E-state index contributed by atoms with van der Waals surface area (Å²) in [7, 11) is 3.98. The number of carbonyl (C=O) groups excluding carboxylic acids is 1. The van der Waals surface area contributed by atoms with E-state index in [2.05, 4.69) is 11.8 Å². The first-order chi connectivity index (χ1) is 8.95. The minimum Gasteiger partial charge on any atom is -0.398 e. The van der Waals surface area contributed by atoms with Crippen molar-refractivity contribution in [3.8, 4) is 0 Å². The molecule has 0 saturated carbocycles. The molecule has 1 aromatic carbocycles. The van der Waals surface area contributed by atoms with E-state index in [4.69, 9.17) is 17.3 Å². The van der Waals surface area contributed by atoms with Crippen LogP contribution in [0.3, 0.4) is 0 Å². The van der Waals surface area contributed by atoms with E-state index in [0.29, 0.717) is 22.8 Å². The van der Waals surface area contributed by atoms with Crippen LogP contribution in [0.15, 0.2) is 18.2 Å². The van der Waals surface area contributed by atoms with Gasteiger partial charge in [-0.25, -0.2) is 0 Å². The van der Waals surface area contributed by atoms with Crippen LogP contribution in [0, 0.1) is 0 Å². The molecule has 5 heteroatoms. The van der Waals surface area contributed by atoms with Crippen molar-refractivity contribution in [1.82, 2.24) is 9.80 Å². The average molecular weight is 284 g/mol. The lowest BCUT2D eigenvalue weighted by atomic mass is 10.1. The van der Waals surface area contributed by atoms with Gasteiger partial charge in [-0.05, 0) is 38.7 Å². The zero-order chi connectivity index (χ0) is 14.4. The van der Waals surface area contributed by atoms with Gasteiger partial charge in [-0.15, -0.1) is 0 Å².